The van der Waals surface area contributed by atoms with Crippen LogP contribution < -0.4 is 0 Å². The Bertz CT molecular complexity index is 960. The van der Waals surface area contributed by atoms with E-state index in [2.05, 4.69) is 54.6 Å². The Morgan fingerprint density at radius 3 is 1.97 bits per heavy atom. The van der Waals surface area contributed by atoms with Crippen LogP contribution in [0.25, 0.3) is 6.08 Å². The lowest BCUT2D eigenvalue weighted by Gasteiger charge is -2.28. The molecule has 0 aromatic heterocycles. The van der Waals surface area contributed by atoms with Crippen molar-refractivity contribution in [1.82, 2.24) is 4.90 Å². The van der Waals surface area contributed by atoms with Crippen LogP contribution in [0.4, 0.5) is 0 Å². The molecule has 0 heterocycles. The normalized spacial score (nSPS) is 13.0. The highest BCUT2D eigenvalue weighted by molar-refractivity contribution is 8.18. The first-order valence-electron chi connectivity index (χ1n) is 9.70. The topological polar surface area (TPSA) is 20.3 Å². The van der Waals surface area contributed by atoms with E-state index in [4.69, 9.17) is 0 Å². The second-order valence-electron chi connectivity index (χ2n) is 6.93. The number of rotatable bonds is 6. The van der Waals surface area contributed by atoms with E-state index in [-0.39, 0.29) is 10.5 Å². The standard InChI is InChI=1S/C25H23NOS2/c1-26(21-17-16-19-10-8-9-11-20(19)18-21)24(27)25(28-22-12-4-2-5-13-22)29-23-14-6-3-7-15-23/h2-15,18,25H,16-17H2,1H3. The molecule has 3 aromatic rings. The van der Waals surface area contributed by atoms with Crippen LogP contribution in [0.1, 0.15) is 17.5 Å². The van der Waals surface area contributed by atoms with E-state index < -0.39 is 0 Å². The van der Waals surface area contributed by atoms with Crippen molar-refractivity contribution in [2.75, 3.05) is 7.05 Å². The summed E-state index contributed by atoms with van der Waals surface area (Å²) in [5.41, 5.74) is 3.66. The molecule has 4 rings (SSSR count). The second-order valence-corrected chi connectivity index (χ2v) is 9.58. The van der Waals surface area contributed by atoms with Gasteiger partial charge in [-0.15, -0.1) is 23.5 Å². The molecule has 0 unspecified atom stereocenters. The second kappa shape index (κ2) is 9.38. The summed E-state index contributed by atoms with van der Waals surface area (Å²) >= 11 is 3.23. The van der Waals surface area contributed by atoms with Crippen LogP contribution in [-0.2, 0) is 11.2 Å². The molecule has 0 fully saturated rings. The Kier molecular flexibility index (Phi) is 6.43. The zero-order valence-electron chi connectivity index (χ0n) is 16.3. The molecule has 2 nitrogen and oxygen atoms in total. The number of benzene rings is 3. The van der Waals surface area contributed by atoms with E-state index in [0.29, 0.717) is 0 Å². The Morgan fingerprint density at radius 2 is 1.34 bits per heavy atom. The molecule has 0 saturated heterocycles. The monoisotopic (exact) mass is 417 g/mol. The molecule has 1 aliphatic carbocycles. The molecule has 29 heavy (non-hydrogen) atoms. The highest BCUT2D eigenvalue weighted by Crippen LogP contribution is 2.37. The molecular weight excluding hydrogens is 394 g/mol. The number of hydrogen-bond donors (Lipinski definition) is 0. The number of allylic oxidation sites excluding steroid dienone is 1. The molecule has 0 bridgehead atoms. The van der Waals surface area contributed by atoms with Crippen LogP contribution >= 0.6 is 23.5 Å². The number of fused-ring (bicyclic) bond motifs is 1. The van der Waals surface area contributed by atoms with Gasteiger partial charge >= 0.3 is 0 Å². The fourth-order valence-electron chi connectivity index (χ4n) is 3.35. The summed E-state index contributed by atoms with van der Waals surface area (Å²) in [6.07, 6.45) is 4.02. The average molecular weight is 418 g/mol. The smallest absolute Gasteiger partial charge is 0.250 e. The zero-order chi connectivity index (χ0) is 20.1. The van der Waals surface area contributed by atoms with Gasteiger partial charge in [0.05, 0.1) is 0 Å². The summed E-state index contributed by atoms with van der Waals surface area (Å²) < 4.78 is -0.247. The Balaban J connectivity index is 1.57. The molecule has 0 radical (unpaired) electrons. The van der Waals surface area contributed by atoms with Crippen molar-refractivity contribution in [3.63, 3.8) is 0 Å². The minimum absolute atomic E-state index is 0.123. The first-order valence-corrected chi connectivity index (χ1v) is 11.5. The molecule has 1 amide bonds. The lowest BCUT2D eigenvalue weighted by atomic mass is 9.95. The van der Waals surface area contributed by atoms with E-state index in [1.54, 1.807) is 23.5 Å². The molecule has 0 N–H and O–H groups in total. The van der Waals surface area contributed by atoms with Gasteiger partial charge in [0.1, 0.15) is 4.58 Å². The minimum Gasteiger partial charge on any atom is -0.318 e. The van der Waals surface area contributed by atoms with Crippen molar-refractivity contribution in [3.8, 4) is 0 Å². The molecule has 0 saturated carbocycles. The molecule has 4 heteroatoms. The summed E-state index contributed by atoms with van der Waals surface area (Å²) in [6, 6.07) is 28.7. The molecule has 0 aliphatic heterocycles. The zero-order valence-corrected chi connectivity index (χ0v) is 18.0. The van der Waals surface area contributed by atoms with Crippen molar-refractivity contribution in [1.29, 1.82) is 0 Å². The highest BCUT2D eigenvalue weighted by atomic mass is 32.2. The summed E-state index contributed by atoms with van der Waals surface area (Å²) in [5.74, 6) is 0.123. The summed E-state index contributed by atoms with van der Waals surface area (Å²) in [6.45, 7) is 0. The van der Waals surface area contributed by atoms with Gasteiger partial charge in [-0.3, -0.25) is 4.79 Å². The summed E-state index contributed by atoms with van der Waals surface area (Å²) in [4.78, 5) is 17.6. The Labute approximate surface area is 181 Å². The molecule has 0 atom stereocenters. The van der Waals surface area contributed by atoms with Crippen LogP contribution in [0.3, 0.4) is 0 Å². The van der Waals surface area contributed by atoms with Gasteiger partial charge < -0.3 is 4.90 Å². The van der Waals surface area contributed by atoms with Crippen LogP contribution in [0.15, 0.2) is 100 Å². The third-order valence-corrected chi connectivity index (χ3v) is 7.46. The van der Waals surface area contributed by atoms with E-state index in [1.807, 2.05) is 48.3 Å². The quantitative estimate of drug-likeness (QED) is 0.345. The summed E-state index contributed by atoms with van der Waals surface area (Å²) in [5, 5.41) is 0. The van der Waals surface area contributed by atoms with Gasteiger partial charge in [0.15, 0.2) is 0 Å². The van der Waals surface area contributed by atoms with Gasteiger partial charge in [-0.05, 0) is 54.3 Å². The Hall–Kier alpha value is -2.43. The van der Waals surface area contributed by atoms with Crippen molar-refractivity contribution in [2.24, 2.45) is 0 Å². The number of amides is 1. The minimum atomic E-state index is -0.247. The lowest BCUT2D eigenvalue weighted by Crippen LogP contribution is -2.33. The van der Waals surface area contributed by atoms with Gasteiger partial charge in [-0.1, -0.05) is 60.7 Å². The van der Waals surface area contributed by atoms with Gasteiger partial charge in [0.2, 0.25) is 5.91 Å². The number of nitrogens with zero attached hydrogens (tertiary/aromatic N) is 1. The van der Waals surface area contributed by atoms with Crippen molar-refractivity contribution in [2.45, 2.75) is 27.2 Å². The van der Waals surface area contributed by atoms with Crippen molar-refractivity contribution < 1.29 is 4.79 Å². The number of carbonyl (C=O) groups is 1. The third-order valence-electron chi connectivity index (χ3n) is 4.96. The maximum Gasteiger partial charge on any atom is 0.250 e. The van der Waals surface area contributed by atoms with E-state index in [1.165, 1.54) is 11.1 Å². The van der Waals surface area contributed by atoms with Crippen LogP contribution in [0, 0.1) is 0 Å². The lowest BCUT2D eigenvalue weighted by molar-refractivity contribution is -0.126. The highest BCUT2D eigenvalue weighted by Gasteiger charge is 2.27. The van der Waals surface area contributed by atoms with Gasteiger partial charge in [0, 0.05) is 22.5 Å². The molecular formula is C25H23NOS2. The third kappa shape index (κ3) is 4.95. The Morgan fingerprint density at radius 1 is 0.793 bits per heavy atom. The number of hydrogen-bond acceptors (Lipinski definition) is 3. The van der Waals surface area contributed by atoms with E-state index in [0.717, 1.165) is 28.3 Å². The molecule has 1 aliphatic rings. The van der Waals surface area contributed by atoms with Gasteiger partial charge in [-0.2, -0.15) is 0 Å². The fourth-order valence-corrected chi connectivity index (χ4v) is 5.85. The van der Waals surface area contributed by atoms with E-state index in [9.17, 15) is 4.79 Å². The number of carbonyl (C=O) groups excluding carboxylic acids is 1. The molecule has 3 aromatic carbocycles. The number of aryl methyl sites for hydroxylation is 1. The first-order chi connectivity index (χ1) is 14.2. The van der Waals surface area contributed by atoms with E-state index >= 15 is 0 Å². The summed E-state index contributed by atoms with van der Waals surface area (Å²) in [7, 11) is 1.91. The van der Waals surface area contributed by atoms with Gasteiger partial charge in [-0.25, -0.2) is 0 Å². The van der Waals surface area contributed by atoms with Crippen LogP contribution in [-0.4, -0.2) is 22.4 Å². The van der Waals surface area contributed by atoms with Crippen molar-refractivity contribution >= 4 is 35.5 Å². The predicted molar refractivity (Wildman–Crippen MR) is 124 cm³/mol. The number of thioether (sulfide) groups is 2. The van der Waals surface area contributed by atoms with Crippen LogP contribution in [0.5, 0.6) is 0 Å². The van der Waals surface area contributed by atoms with Crippen LogP contribution in [0.2, 0.25) is 0 Å². The fraction of sp³-hybridized carbons (Fsp3) is 0.160. The SMILES string of the molecule is CN(C(=O)C(Sc1ccccc1)Sc1ccccc1)C1=Cc2ccccc2CC1. The maximum absolute atomic E-state index is 13.5. The predicted octanol–water partition coefficient (Wildman–Crippen LogP) is 6.34. The maximum atomic E-state index is 13.5. The molecule has 0 spiro atoms. The largest absolute Gasteiger partial charge is 0.318 e. The van der Waals surface area contributed by atoms with Crippen molar-refractivity contribution in [3.05, 3.63) is 102 Å². The average Bonchev–Trinajstić information content (AvgIpc) is 2.79. The molecule has 146 valence electrons. The first kappa shape index (κ1) is 19.9. The van der Waals surface area contributed by atoms with Gasteiger partial charge in [0.25, 0.3) is 0 Å².